The van der Waals surface area contributed by atoms with E-state index < -0.39 is 0 Å². The normalized spacial score (nSPS) is 17.1. The Morgan fingerprint density at radius 3 is 2.47 bits per heavy atom. The Balaban J connectivity index is 2.16. The van der Waals surface area contributed by atoms with Crippen molar-refractivity contribution in [2.45, 2.75) is 12.5 Å². The van der Waals surface area contributed by atoms with Crippen LogP contribution in [0.25, 0.3) is 11.1 Å². The van der Waals surface area contributed by atoms with E-state index in [0.29, 0.717) is 16.6 Å². The number of rotatable bonds is 2. The van der Waals surface area contributed by atoms with Gasteiger partial charge in [0.1, 0.15) is 11.9 Å². The molecule has 1 heterocycles. The third-order valence-corrected chi connectivity index (χ3v) is 3.95. The van der Waals surface area contributed by atoms with Crippen LogP contribution in [0.3, 0.4) is 0 Å². The number of hydrogen-bond donors (Lipinski definition) is 1. The molecule has 2 aromatic carbocycles. The first-order valence-corrected chi connectivity index (χ1v) is 6.89. The number of ether oxygens (including phenoxy) is 1. The summed E-state index contributed by atoms with van der Waals surface area (Å²) in [5.74, 6) is 0.855. The number of hydrogen-bond acceptors (Lipinski definition) is 2. The topological polar surface area (TPSA) is 35.2 Å². The van der Waals surface area contributed by atoms with Crippen molar-refractivity contribution in [3.63, 3.8) is 0 Å². The summed E-state index contributed by atoms with van der Waals surface area (Å²) in [7, 11) is 0. The summed E-state index contributed by atoms with van der Waals surface area (Å²) in [6.07, 6.45) is 0.874. The van der Waals surface area contributed by atoms with Gasteiger partial charge in [0.2, 0.25) is 0 Å². The number of halogens is 2. The first-order chi connectivity index (χ1) is 9.20. The molecule has 0 amide bonds. The summed E-state index contributed by atoms with van der Waals surface area (Å²) in [6.45, 7) is 0.504. The van der Waals surface area contributed by atoms with Crippen LogP contribution in [0.15, 0.2) is 36.4 Å². The van der Waals surface area contributed by atoms with Crippen LogP contribution < -0.4 is 10.5 Å². The van der Waals surface area contributed by atoms with Gasteiger partial charge in [0.05, 0.1) is 10.0 Å². The SMILES string of the molecule is NC[C@@H]1Cc2cccc(-c3c(Cl)cccc3Cl)c2O1. The van der Waals surface area contributed by atoms with Gasteiger partial charge in [-0.2, -0.15) is 0 Å². The molecule has 1 aliphatic heterocycles. The highest BCUT2D eigenvalue weighted by Gasteiger charge is 2.25. The highest BCUT2D eigenvalue weighted by molar-refractivity contribution is 6.39. The zero-order valence-corrected chi connectivity index (χ0v) is 11.7. The lowest BCUT2D eigenvalue weighted by Crippen LogP contribution is -2.24. The van der Waals surface area contributed by atoms with Crippen molar-refractivity contribution in [2.24, 2.45) is 5.73 Å². The van der Waals surface area contributed by atoms with Gasteiger partial charge in [-0.3, -0.25) is 0 Å². The van der Waals surface area contributed by atoms with E-state index in [1.807, 2.05) is 30.3 Å². The average molecular weight is 294 g/mol. The highest BCUT2D eigenvalue weighted by atomic mass is 35.5. The Labute approximate surface area is 122 Å². The lowest BCUT2D eigenvalue weighted by Gasteiger charge is -2.13. The van der Waals surface area contributed by atoms with Gasteiger partial charge in [-0.15, -0.1) is 0 Å². The van der Waals surface area contributed by atoms with E-state index in [2.05, 4.69) is 6.07 Å². The van der Waals surface area contributed by atoms with Crippen LogP contribution in [0.4, 0.5) is 0 Å². The van der Waals surface area contributed by atoms with E-state index in [1.54, 1.807) is 0 Å². The molecule has 0 aromatic heterocycles. The number of benzene rings is 2. The maximum atomic E-state index is 6.27. The summed E-state index contributed by atoms with van der Waals surface area (Å²) < 4.78 is 5.91. The summed E-state index contributed by atoms with van der Waals surface area (Å²) in [4.78, 5) is 0. The van der Waals surface area contributed by atoms with Crippen molar-refractivity contribution in [3.8, 4) is 16.9 Å². The zero-order chi connectivity index (χ0) is 13.4. The van der Waals surface area contributed by atoms with E-state index >= 15 is 0 Å². The second kappa shape index (κ2) is 5.04. The molecule has 98 valence electrons. The van der Waals surface area contributed by atoms with Gasteiger partial charge >= 0.3 is 0 Å². The molecule has 0 saturated carbocycles. The molecule has 0 bridgehead atoms. The van der Waals surface area contributed by atoms with Crippen LogP contribution in [0.1, 0.15) is 5.56 Å². The smallest absolute Gasteiger partial charge is 0.131 e. The van der Waals surface area contributed by atoms with Crippen molar-refractivity contribution < 1.29 is 4.74 Å². The lowest BCUT2D eigenvalue weighted by atomic mass is 10.0. The summed E-state index contributed by atoms with van der Waals surface area (Å²) in [5, 5.41) is 1.25. The number of fused-ring (bicyclic) bond motifs is 1. The quantitative estimate of drug-likeness (QED) is 0.911. The van der Waals surface area contributed by atoms with E-state index in [4.69, 9.17) is 33.7 Å². The number of nitrogens with two attached hydrogens (primary N) is 1. The van der Waals surface area contributed by atoms with Gasteiger partial charge in [0, 0.05) is 24.1 Å². The monoisotopic (exact) mass is 293 g/mol. The molecule has 2 nitrogen and oxygen atoms in total. The third kappa shape index (κ3) is 2.20. The zero-order valence-electron chi connectivity index (χ0n) is 10.2. The molecule has 0 saturated heterocycles. The standard InChI is InChI=1S/C15H13Cl2NO/c16-12-5-2-6-13(17)14(12)11-4-1-3-9-7-10(8-18)19-15(9)11/h1-6,10H,7-8,18H2/t10-/m0/s1. The number of para-hydroxylation sites is 1. The summed E-state index contributed by atoms with van der Waals surface area (Å²) >= 11 is 12.5. The predicted octanol–water partition coefficient (Wildman–Crippen LogP) is 3.92. The van der Waals surface area contributed by atoms with Crippen molar-refractivity contribution in [1.29, 1.82) is 0 Å². The van der Waals surface area contributed by atoms with Gasteiger partial charge in [0.15, 0.2) is 0 Å². The summed E-state index contributed by atoms with van der Waals surface area (Å²) in [6, 6.07) is 11.5. The molecule has 1 aliphatic rings. The van der Waals surface area contributed by atoms with Gasteiger partial charge in [-0.05, 0) is 17.7 Å². The van der Waals surface area contributed by atoms with Gasteiger partial charge < -0.3 is 10.5 Å². The molecule has 1 atom stereocenters. The van der Waals surface area contributed by atoms with Crippen molar-refractivity contribution in [3.05, 3.63) is 52.0 Å². The molecular formula is C15H13Cl2NO. The largest absolute Gasteiger partial charge is 0.488 e. The first kappa shape index (κ1) is 12.8. The van der Waals surface area contributed by atoms with Gasteiger partial charge in [0.25, 0.3) is 0 Å². The average Bonchev–Trinajstić information content (AvgIpc) is 2.82. The maximum Gasteiger partial charge on any atom is 0.131 e. The van der Waals surface area contributed by atoms with E-state index in [1.165, 1.54) is 0 Å². The fourth-order valence-electron chi connectivity index (χ4n) is 2.42. The van der Waals surface area contributed by atoms with E-state index in [0.717, 1.165) is 28.9 Å². The predicted molar refractivity (Wildman–Crippen MR) is 79.1 cm³/mol. The van der Waals surface area contributed by atoms with E-state index in [9.17, 15) is 0 Å². The van der Waals surface area contributed by atoms with Crippen molar-refractivity contribution in [2.75, 3.05) is 6.54 Å². The van der Waals surface area contributed by atoms with Gasteiger partial charge in [-0.25, -0.2) is 0 Å². The van der Waals surface area contributed by atoms with Crippen LogP contribution >= 0.6 is 23.2 Å². The van der Waals surface area contributed by atoms with Crippen LogP contribution in [-0.4, -0.2) is 12.6 Å². The molecule has 0 unspecified atom stereocenters. The minimum absolute atomic E-state index is 0.0393. The van der Waals surface area contributed by atoms with Crippen LogP contribution in [0, 0.1) is 0 Å². The lowest BCUT2D eigenvalue weighted by molar-refractivity contribution is 0.242. The molecule has 19 heavy (non-hydrogen) atoms. The van der Waals surface area contributed by atoms with Crippen LogP contribution in [-0.2, 0) is 6.42 Å². The van der Waals surface area contributed by atoms with Gasteiger partial charge in [-0.1, -0.05) is 47.5 Å². The Hall–Kier alpha value is -1.22. The molecule has 0 fully saturated rings. The second-order valence-electron chi connectivity index (χ2n) is 4.57. The molecule has 4 heteroatoms. The molecule has 0 radical (unpaired) electrons. The fourth-order valence-corrected chi connectivity index (χ4v) is 3.02. The van der Waals surface area contributed by atoms with E-state index in [-0.39, 0.29) is 6.10 Å². The minimum atomic E-state index is 0.0393. The molecular weight excluding hydrogens is 281 g/mol. The molecule has 3 rings (SSSR count). The Morgan fingerprint density at radius 1 is 1.11 bits per heavy atom. The molecule has 2 N–H and O–H groups in total. The second-order valence-corrected chi connectivity index (χ2v) is 5.38. The highest BCUT2D eigenvalue weighted by Crippen LogP contribution is 2.43. The minimum Gasteiger partial charge on any atom is -0.488 e. The van der Waals surface area contributed by atoms with Crippen molar-refractivity contribution >= 4 is 23.2 Å². The Kier molecular flexibility index (Phi) is 3.40. The molecule has 2 aromatic rings. The fraction of sp³-hybridized carbons (Fsp3) is 0.200. The summed E-state index contributed by atoms with van der Waals surface area (Å²) in [5.41, 5.74) is 8.60. The van der Waals surface area contributed by atoms with Crippen LogP contribution in [0.2, 0.25) is 10.0 Å². The maximum absolute atomic E-state index is 6.27. The molecule has 0 aliphatic carbocycles. The van der Waals surface area contributed by atoms with Crippen molar-refractivity contribution in [1.82, 2.24) is 0 Å². The van der Waals surface area contributed by atoms with Crippen LogP contribution in [0.5, 0.6) is 5.75 Å². The Morgan fingerprint density at radius 2 is 1.79 bits per heavy atom. The first-order valence-electron chi connectivity index (χ1n) is 6.13. The molecule has 0 spiro atoms. The third-order valence-electron chi connectivity index (χ3n) is 3.32. The Bertz CT molecular complexity index is 607.